The van der Waals surface area contributed by atoms with Crippen LogP contribution >= 0.6 is 0 Å². The normalized spacial score (nSPS) is 11.5. The van der Waals surface area contributed by atoms with E-state index in [1.54, 1.807) is 72.8 Å². The number of amidine groups is 2. The van der Waals surface area contributed by atoms with E-state index >= 15 is 0 Å². The van der Waals surface area contributed by atoms with Gasteiger partial charge in [-0.3, -0.25) is 9.98 Å². The largest absolute Gasteiger partial charge is 0.384 e. The van der Waals surface area contributed by atoms with Gasteiger partial charge in [0.15, 0.2) is 0 Å². The van der Waals surface area contributed by atoms with Gasteiger partial charge < -0.3 is 32.7 Å². The van der Waals surface area contributed by atoms with E-state index in [1.807, 2.05) is 13.8 Å². The maximum atomic E-state index is 12.3. The van der Waals surface area contributed by atoms with Gasteiger partial charge in [0, 0.05) is 47.0 Å². The lowest BCUT2D eigenvalue weighted by atomic mass is 10.2. The second kappa shape index (κ2) is 12.6. The predicted molar refractivity (Wildman–Crippen MR) is 147 cm³/mol. The summed E-state index contributed by atoms with van der Waals surface area (Å²) in [7, 11) is 0. The van der Waals surface area contributed by atoms with Crippen LogP contribution in [0.3, 0.4) is 0 Å². The first kappa shape index (κ1) is 25.8. The van der Waals surface area contributed by atoms with Gasteiger partial charge in [-0.15, -0.1) is 0 Å². The number of urea groups is 2. The van der Waals surface area contributed by atoms with Crippen molar-refractivity contribution in [1.82, 2.24) is 0 Å². The standard InChI is InChI=1S/C26H30N8O2/c1-3-29-23(27)17-5-9-19(10-6-17)31-25(35)33-21-13-15-22(16-14-21)34-26(36)32-20-11-7-18(8-12-20)24(28)30-4-2/h5-16H,3-4H2,1-2H3,(H2,27,29)(H2,28,30)(H2,31,33,35)(H2,32,34,36). The zero-order chi connectivity index (χ0) is 25.9. The van der Waals surface area contributed by atoms with E-state index in [1.165, 1.54) is 0 Å². The first-order chi connectivity index (χ1) is 17.4. The maximum absolute atomic E-state index is 12.3. The molecular weight excluding hydrogens is 456 g/mol. The Morgan fingerprint density at radius 1 is 0.556 bits per heavy atom. The van der Waals surface area contributed by atoms with Crippen LogP contribution in [0.4, 0.5) is 32.3 Å². The van der Waals surface area contributed by atoms with Crippen LogP contribution < -0.4 is 32.7 Å². The monoisotopic (exact) mass is 486 g/mol. The molecule has 8 N–H and O–H groups in total. The van der Waals surface area contributed by atoms with Crippen molar-refractivity contribution < 1.29 is 9.59 Å². The Balaban J connectivity index is 1.49. The molecule has 3 aromatic carbocycles. The summed E-state index contributed by atoms with van der Waals surface area (Å²) in [5.41, 5.74) is 15.7. The molecule has 0 saturated carbocycles. The van der Waals surface area contributed by atoms with Crippen LogP contribution in [0.25, 0.3) is 0 Å². The Bertz CT molecular complexity index is 1140. The van der Waals surface area contributed by atoms with Gasteiger partial charge in [-0.1, -0.05) is 0 Å². The van der Waals surface area contributed by atoms with Crippen molar-refractivity contribution in [3.63, 3.8) is 0 Å². The van der Waals surface area contributed by atoms with E-state index < -0.39 is 12.1 Å². The lowest BCUT2D eigenvalue weighted by Crippen LogP contribution is -2.20. The summed E-state index contributed by atoms with van der Waals surface area (Å²) in [5.74, 6) is 0.910. The van der Waals surface area contributed by atoms with Gasteiger partial charge in [0.25, 0.3) is 0 Å². The number of nitrogens with two attached hydrogens (primary N) is 2. The van der Waals surface area contributed by atoms with Crippen molar-refractivity contribution in [1.29, 1.82) is 0 Å². The fourth-order valence-corrected chi connectivity index (χ4v) is 3.20. The molecule has 0 saturated heterocycles. The SMILES string of the molecule is CCN=C(N)c1ccc(NC(=O)Nc2ccc(NC(=O)Nc3ccc(C(N)=NCC)cc3)cc2)cc1. The van der Waals surface area contributed by atoms with Gasteiger partial charge >= 0.3 is 12.1 Å². The number of rotatable bonds is 8. The van der Waals surface area contributed by atoms with Crippen LogP contribution in [-0.4, -0.2) is 36.8 Å². The van der Waals surface area contributed by atoms with Crippen LogP contribution in [-0.2, 0) is 0 Å². The summed E-state index contributed by atoms with van der Waals surface area (Å²) in [5, 5.41) is 11.0. The van der Waals surface area contributed by atoms with E-state index in [9.17, 15) is 9.59 Å². The molecule has 0 radical (unpaired) electrons. The summed E-state index contributed by atoms with van der Waals surface area (Å²) in [6.45, 7) is 5.02. The molecule has 0 atom stereocenters. The van der Waals surface area contributed by atoms with E-state index in [4.69, 9.17) is 11.5 Å². The average molecular weight is 487 g/mol. The molecule has 4 amide bonds. The quantitative estimate of drug-likeness (QED) is 0.205. The zero-order valence-electron chi connectivity index (χ0n) is 20.2. The second-order valence-electron chi connectivity index (χ2n) is 7.61. The third-order valence-electron chi connectivity index (χ3n) is 4.93. The Morgan fingerprint density at radius 3 is 1.06 bits per heavy atom. The molecule has 0 unspecified atom stereocenters. The zero-order valence-corrected chi connectivity index (χ0v) is 20.2. The number of benzene rings is 3. The minimum absolute atomic E-state index is 0.399. The summed E-state index contributed by atoms with van der Waals surface area (Å²) in [6, 6.07) is 20.1. The number of aliphatic imine (C=N–C) groups is 2. The highest BCUT2D eigenvalue weighted by atomic mass is 16.2. The first-order valence-corrected chi connectivity index (χ1v) is 11.4. The second-order valence-corrected chi connectivity index (χ2v) is 7.61. The van der Waals surface area contributed by atoms with Gasteiger partial charge in [-0.05, 0) is 86.6 Å². The van der Waals surface area contributed by atoms with Crippen molar-refractivity contribution in [2.24, 2.45) is 21.5 Å². The van der Waals surface area contributed by atoms with E-state index in [-0.39, 0.29) is 0 Å². The van der Waals surface area contributed by atoms with Crippen LogP contribution in [0, 0.1) is 0 Å². The van der Waals surface area contributed by atoms with Gasteiger partial charge in [0.05, 0.1) is 0 Å². The third kappa shape index (κ3) is 7.59. The summed E-state index contributed by atoms with van der Waals surface area (Å²) in [4.78, 5) is 32.9. The molecule has 0 fully saturated rings. The van der Waals surface area contributed by atoms with Crippen LogP contribution in [0.15, 0.2) is 82.8 Å². The van der Waals surface area contributed by atoms with Crippen molar-refractivity contribution >= 4 is 46.5 Å². The van der Waals surface area contributed by atoms with Crippen molar-refractivity contribution in [3.05, 3.63) is 83.9 Å². The number of hydrogen-bond acceptors (Lipinski definition) is 4. The van der Waals surface area contributed by atoms with Crippen molar-refractivity contribution in [2.75, 3.05) is 34.4 Å². The molecule has 3 aromatic rings. The number of nitrogens with zero attached hydrogens (tertiary/aromatic N) is 2. The highest BCUT2D eigenvalue weighted by molar-refractivity contribution is 6.03. The lowest BCUT2D eigenvalue weighted by molar-refractivity contribution is 0.261. The highest BCUT2D eigenvalue weighted by Gasteiger charge is 2.07. The fourth-order valence-electron chi connectivity index (χ4n) is 3.20. The summed E-state index contributed by atoms with van der Waals surface area (Å²) < 4.78 is 0. The number of amides is 4. The number of nitrogens with one attached hydrogen (secondary N) is 4. The molecule has 186 valence electrons. The minimum Gasteiger partial charge on any atom is -0.384 e. The molecule has 0 aromatic heterocycles. The smallest absolute Gasteiger partial charge is 0.323 e. The van der Waals surface area contributed by atoms with Crippen molar-refractivity contribution in [2.45, 2.75) is 13.8 Å². The van der Waals surface area contributed by atoms with Gasteiger partial charge in [-0.25, -0.2) is 9.59 Å². The summed E-state index contributed by atoms with van der Waals surface area (Å²) >= 11 is 0. The van der Waals surface area contributed by atoms with E-state index in [0.717, 1.165) is 11.1 Å². The number of anilines is 4. The predicted octanol–water partition coefficient (Wildman–Crippen LogP) is 4.43. The molecular formula is C26H30N8O2. The highest BCUT2D eigenvalue weighted by Crippen LogP contribution is 2.16. The first-order valence-electron chi connectivity index (χ1n) is 11.4. The fraction of sp³-hybridized carbons (Fsp3) is 0.154. The van der Waals surface area contributed by atoms with Gasteiger partial charge in [-0.2, -0.15) is 0 Å². The molecule has 10 nitrogen and oxygen atoms in total. The molecule has 3 rings (SSSR count). The molecule has 0 bridgehead atoms. The molecule has 36 heavy (non-hydrogen) atoms. The van der Waals surface area contributed by atoms with Gasteiger partial charge in [0.1, 0.15) is 11.7 Å². The van der Waals surface area contributed by atoms with Crippen LogP contribution in [0.2, 0.25) is 0 Å². The molecule has 0 aliphatic carbocycles. The Hall–Kier alpha value is -4.86. The maximum Gasteiger partial charge on any atom is 0.323 e. The number of hydrogen-bond donors (Lipinski definition) is 6. The minimum atomic E-state index is -0.399. The lowest BCUT2D eigenvalue weighted by Gasteiger charge is -2.11. The molecule has 10 heteroatoms. The van der Waals surface area contributed by atoms with E-state index in [2.05, 4.69) is 31.3 Å². The van der Waals surface area contributed by atoms with Crippen molar-refractivity contribution in [3.8, 4) is 0 Å². The Labute approximate surface area is 209 Å². The molecule has 0 spiro atoms. The summed E-state index contributed by atoms with van der Waals surface area (Å²) in [6.07, 6.45) is 0. The van der Waals surface area contributed by atoms with Gasteiger partial charge in [0.2, 0.25) is 0 Å². The molecule has 0 aliphatic rings. The molecule has 0 aliphatic heterocycles. The Kier molecular flexibility index (Phi) is 8.99. The van der Waals surface area contributed by atoms with Crippen LogP contribution in [0.1, 0.15) is 25.0 Å². The number of carbonyl (C=O) groups excluding carboxylic acids is 2. The average Bonchev–Trinajstić information content (AvgIpc) is 2.86. The Morgan fingerprint density at radius 2 is 0.806 bits per heavy atom. The molecule has 0 heterocycles. The van der Waals surface area contributed by atoms with Crippen LogP contribution in [0.5, 0.6) is 0 Å². The van der Waals surface area contributed by atoms with E-state index in [0.29, 0.717) is 47.5 Å². The topological polar surface area (TPSA) is 159 Å². The third-order valence-corrected chi connectivity index (χ3v) is 4.93. The number of carbonyl (C=O) groups is 2.